The zero-order valence-corrected chi connectivity index (χ0v) is 15.0. The summed E-state index contributed by atoms with van der Waals surface area (Å²) < 4.78 is 12.3. The zero-order chi connectivity index (χ0) is 14.0. The Kier molecular flexibility index (Phi) is 5.21. The lowest BCUT2D eigenvalue weighted by Gasteiger charge is -2.16. The third-order valence-corrected chi connectivity index (χ3v) is 9.53. The van der Waals surface area contributed by atoms with Crippen LogP contribution in [-0.4, -0.2) is 23.6 Å². The van der Waals surface area contributed by atoms with Crippen molar-refractivity contribution in [2.24, 2.45) is 0 Å². The van der Waals surface area contributed by atoms with E-state index in [-0.39, 0.29) is 5.56 Å². The number of halogens is 1. The quantitative estimate of drug-likeness (QED) is 0.717. The Labute approximate surface area is 131 Å². The predicted molar refractivity (Wildman–Crippen MR) is 86.6 cm³/mol. The van der Waals surface area contributed by atoms with Crippen LogP contribution in [0.15, 0.2) is 20.8 Å². The van der Waals surface area contributed by atoms with E-state index in [1.807, 2.05) is 5.38 Å². The van der Waals surface area contributed by atoms with Crippen LogP contribution in [0.3, 0.4) is 0 Å². The van der Waals surface area contributed by atoms with E-state index in [9.17, 15) is 4.79 Å². The van der Waals surface area contributed by atoms with Crippen LogP contribution in [0.1, 0.15) is 5.69 Å². The molecule has 0 aliphatic rings. The molecule has 0 fully saturated rings. The highest BCUT2D eigenvalue weighted by Gasteiger charge is 2.19. The van der Waals surface area contributed by atoms with E-state index in [1.54, 1.807) is 6.20 Å². The minimum atomic E-state index is -2.34. The Morgan fingerprint density at radius 1 is 1.58 bits per heavy atom. The van der Waals surface area contributed by atoms with E-state index in [0.29, 0.717) is 20.9 Å². The van der Waals surface area contributed by atoms with Gasteiger partial charge in [0.2, 0.25) is 5.69 Å². The fraction of sp³-hybridized carbons (Fsp3) is 0.333. The van der Waals surface area contributed by atoms with Crippen molar-refractivity contribution in [1.29, 1.82) is 0 Å². The first-order chi connectivity index (χ1) is 9.00. The smallest absolute Gasteiger partial charge is 0.273 e. The largest absolute Gasteiger partial charge is 0.325 e. The van der Waals surface area contributed by atoms with Gasteiger partial charge in [0.1, 0.15) is 4.47 Å². The van der Waals surface area contributed by atoms with Gasteiger partial charge in [-0.1, -0.05) is 11.4 Å². The number of rotatable bonds is 5. The third-order valence-electron chi connectivity index (χ3n) is 2.29. The minimum Gasteiger partial charge on any atom is -0.325 e. The summed E-state index contributed by atoms with van der Waals surface area (Å²) in [5.41, 5.74) is -1.81. The van der Waals surface area contributed by atoms with Crippen LogP contribution in [0.2, 0.25) is 0 Å². The Balaban J connectivity index is 2.33. The Bertz CT molecular complexity index is 694. The maximum Gasteiger partial charge on any atom is 0.273 e. The fourth-order valence-corrected chi connectivity index (χ4v) is 5.44. The first-order valence-corrected chi connectivity index (χ1v) is 10.9. The molecule has 0 N–H and O–H groups in total. The molecule has 0 bridgehead atoms. The molecule has 5 nitrogen and oxygen atoms in total. The molecule has 0 radical (unpaired) electrons. The van der Waals surface area contributed by atoms with Crippen molar-refractivity contribution in [3.8, 4) is 0 Å². The number of hydrogen-bond acceptors (Lipinski definition) is 7. The van der Waals surface area contributed by atoms with Crippen molar-refractivity contribution in [3.63, 3.8) is 0 Å². The number of aromatic nitrogens is 2. The number of fused-ring (bicyclic) bond motifs is 1. The van der Waals surface area contributed by atoms with Crippen molar-refractivity contribution in [2.75, 3.05) is 14.2 Å². The number of hydrogen-bond donors (Lipinski definition) is 0. The lowest BCUT2D eigenvalue weighted by Crippen LogP contribution is -2.15. The fourth-order valence-electron chi connectivity index (χ4n) is 1.32. The molecule has 104 valence electrons. The molecule has 19 heavy (non-hydrogen) atoms. The lowest BCUT2D eigenvalue weighted by atomic mass is 10.4. The standard InChI is InChI=1S/C9H10BrN2O3PS3/c1-14-16(17,15-2)19-5-6-7(10)8(13)12-3-4-18-9(12)11-6/h3-4H,5H2,1-2H3. The van der Waals surface area contributed by atoms with Crippen molar-refractivity contribution >= 4 is 61.1 Å². The molecule has 0 aliphatic heterocycles. The topological polar surface area (TPSA) is 52.8 Å². The highest BCUT2D eigenvalue weighted by Crippen LogP contribution is 2.60. The number of thiazole rings is 1. The molecule has 0 saturated heterocycles. The second-order valence-corrected chi connectivity index (χ2v) is 11.5. The summed E-state index contributed by atoms with van der Waals surface area (Å²) in [4.78, 5) is 17.2. The van der Waals surface area contributed by atoms with Crippen molar-refractivity contribution in [1.82, 2.24) is 9.38 Å². The van der Waals surface area contributed by atoms with Gasteiger partial charge in [-0.2, -0.15) is 0 Å². The lowest BCUT2D eigenvalue weighted by molar-refractivity contribution is 0.354. The Morgan fingerprint density at radius 3 is 2.89 bits per heavy atom. The maximum atomic E-state index is 12.1. The van der Waals surface area contributed by atoms with Gasteiger partial charge < -0.3 is 9.05 Å². The van der Waals surface area contributed by atoms with Crippen LogP contribution < -0.4 is 5.56 Å². The highest BCUT2D eigenvalue weighted by molar-refractivity contribution is 9.10. The van der Waals surface area contributed by atoms with Crippen LogP contribution in [-0.2, 0) is 26.6 Å². The van der Waals surface area contributed by atoms with Gasteiger partial charge in [0, 0.05) is 31.5 Å². The molecule has 0 atom stereocenters. The van der Waals surface area contributed by atoms with Crippen LogP contribution in [0.25, 0.3) is 4.96 Å². The van der Waals surface area contributed by atoms with E-state index in [4.69, 9.17) is 20.9 Å². The molecule has 2 rings (SSSR count). The van der Waals surface area contributed by atoms with Crippen LogP contribution in [0.4, 0.5) is 0 Å². The molecule has 2 aromatic heterocycles. The minimum absolute atomic E-state index is 0.120. The first-order valence-electron chi connectivity index (χ1n) is 5.01. The van der Waals surface area contributed by atoms with Gasteiger partial charge in [0.25, 0.3) is 5.56 Å². The molecule has 0 aromatic carbocycles. The molecule has 10 heteroatoms. The molecule has 0 aliphatic carbocycles. The SMILES string of the molecule is COP(=S)(OC)SCc1nc2sccn2c(=O)c1Br. The van der Waals surface area contributed by atoms with E-state index in [0.717, 1.165) is 0 Å². The Morgan fingerprint density at radius 2 is 2.26 bits per heavy atom. The first kappa shape index (κ1) is 15.6. The number of nitrogens with zero attached hydrogens (tertiary/aromatic N) is 2. The summed E-state index contributed by atoms with van der Waals surface area (Å²) in [6.07, 6.45) is 1.70. The summed E-state index contributed by atoms with van der Waals surface area (Å²) in [7, 11) is 3.05. The van der Waals surface area contributed by atoms with E-state index in [1.165, 1.54) is 41.3 Å². The Hall–Kier alpha value is 0.240. The monoisotopic (exact) mass is 400 g/mol. The van der Waals surface area contributed by atoms with E-state index >= 15 is 0 Å². The highest BCUT2D eigenvalue weighted by atomic mass is 79.9. The van der Waals surface area contributed by atoms with Crippen LogP contribution in [0, 0.1) is 0 Å². The predicted octanol–water partition coefficient (Wildman–Crippen LogP) is 3.27. The summed E-state index contributed by atoms with van der Waals surface area (Å²) in [5.74, 6) is 0.461. The third kappa shape index (κ3) is 3.29. The van der Waals surface area contributed by atoms with Crippen molar-refractivity contribution in [2.45, 2.75) is 5.75 Å². The summed E-state index contributed by atoms with van der Waals surface area (Å²) in [6, 6.07) is 0. The summed E-state index contributed by atoms with van der Waals surface area (Å²) in [5, 5.41) is 1.82. The second kappa shape index (κ2) is 6.34. The molecule has 2 aromatic rings. The van der Waals surface area contributed by atoms with Gasteiger partial charge >= 0.3 is 0 Å². The van der Waals surface area contributed by atoms with Crippen LogP contribution >= 0.6 is 44.3 Å². The van der Waals surface area contributed by atoms with Gasteiger partial charge in [-0.25, -0.2) is 4.98 Å². The maximum absolute atomic E-state index is 12.1. The van der Waals surface area contributed by atoms with Gasteiger partial charge in [0.05, 0.1) is 5.69 Å². The normalized spacial score (nSPS) is 12.2. The molecule has 0 amide bonds. The average molecular weight is 401 g/mol. The van der Waals surface area contributed by atoms with E-state index < -0.39 is 5.69 Å². The van der Waals surface area contributed by atoms with Gasteiger partial charge in [-0.15, -0.1) is 11.3 Å². The molecule has 0 unspecified atom stereocenters. The van der Waals surface area contributed by atoms with Crippen molar-refractivity contribution < 1.29 is 9.05 Å². The van der Waals surface area contributed by atoms with E-state index in [2.05, 4.69) is 20.9 Å². The molecule has 0 spiro atoms. The summed E-state index contributed by atoms with van der Waals surface area (Å²) in [6.45, 7) is 0. The van der Waals surface area contributed by atoms with Gasteiger partial charge in [-0.05, 0) is 27.7 Å². The molecule has 2 heterocycles. The summed E-state index contributed by atoms with van der Waals surface area (Å²) >= 11 is 11.3. The van der Waals surface area contributed by atoms with Crippen LogP contribution in [0.5, 0.6) is 0 Å². The zero-order valence-electron chi connectivity index (χ0n) is 10.0. The van der Waals surface area contributed by atoms with Crippen molar-refractivity contribution in [3.05, 3.63) is 32.1 Å². The van der Waals surface area contributed by atoms with Gasteiger partial charge in [-0.3, -0.25) is 9.20 Å². The molecule has 0 saturated carbocycles. The second-order valence-electron chi connectivity index (χ2n) is 3.32. The van der Waals surface area contributed by atoms with Gasteiger partial charge in [0.15, 0.2) is 4.96 Å². The average Bonchev–Trinajstić information content (AvgIpc) is 2.89. The molecular formula is C9H10BrN2O3PS3. The molecular weight excluding hydrogens is 391 g/mol.